The topological polar surface area (TPSA) is 26.3 Å². The van der Waals surface area contributed by atoms with Crippen LogP contribution in [0.2, 0.25) is 0 Å². The lowest BCUT2D eigenvalue weighted by atomic mass is 10.1. The SMILES string of the molecule is CCCCCCCCCCCC/C=C\CCCC(=O)OC. The molecule has 0 bridgehead atoms. The van der Waals surface area contributed by atoms with Crippen molar-refractivity contribution in [2.45, 2.75) is 96.8 Å². The van der Waals surface area contributed by atoms with Crippen LogP contribution in [0.5, 0.6) is 0 Å². The minimum absolute atomic E-state index is 0.0990. The molecule has 21 heavy (non-hydrogen) atoms. The third-order valence-electron chi connectivity index (χ3n) is 3.87. The summed E-state index contributed by atoms with van der Waals surface area (Å²) in [5.41, 5.74) is 0. The fourth-order valence-corrected chi connectivity index (χ4v) is 2.45. The minimum atomic E-state index is -0.0990. The van der Waals surface area contributed by atoms with Crippen LogP contribution < -0.4 is 0 Å². The first kappa shape index (κ1) is 20.2. The van der Waals surface area contributed by atoms with Gasteiger partial charge in [0.25, 0.3) is 0 Å². The fourth-order valence-electron chi connectivity index (χ4n) is 2.45. The number of carbonyl (C=O) groups is 1. The van der Waals surface area contributed by atoms with Gasteiger partial charge in [-0.15, -0.1) is 0 Å². The molecule has 0 saturated heterocycles. The Morgan fingerprint density at radius 1 is 0.762 bits per heavy atom. The van der Waals surface area contributed by atoms with Crippen LogP contribution in [0, 0.1) is 0 Å². The second-order valence-corrected chi connectivity index (χ2v) is 5.91. The molecule has 0 aromatic rings. The van der Waals surface area contributed by atoms with Crippen molar-refractivity contribution in [3.05, 3.63) is 12.2 Å². The van der Waals surface area contributed by atoms with Gasteiger partial charge in [0.05, 0.1) is 7.11 Å². The predicted molar refractivity (Wildman–Crippen MR) is 91.5 cm³/mol. The molecule has 0 rings (SSSR count). The lowest BCUT2D eigenvalue weighted by molar-refractivity contribution is -0.140. The summed E-state index contributed by atoms with van der Waals surface area (Å²) in [6.45, 7) is 2.27. The van der Waals surface area contributed by atoms with Gasteiger partial charge in [-0.2, -0.15) is 0 Å². The van der Waals surface area contributed by atoms with Crippen molar-refractivity contribution in [1.29, 1.82) is 0 Å². The van der Waals surface area contributed by atoms with Gasteiger partial charge in [-0.3, -0.25) is 4.79 Å². The summed E-state index contributed by atoms with van der Waals surface area (Å²) in [7, 11) is 1.45. The third-order valence-corrected chi connectivity index (χ3v) is 3.87. The molecule has 0 fully saturated rings. The van der Waals surface area contributed by atoms with E-state index < -0.39 is 0 Å². The molecule has 0 atom stereocenters. The number of ether oxygens (including phenoxy) is 1. The number of esters is 1. The van der Waals surface area contributed by atoms with E-state index in [2.05, 4.69) is 23.8 Å². The maximum atomic E-state index is 10.9. The first-order valence-electron chi connectivity index (χ1n) is 9.03. The van der Waals surface area contributed by atoms with Crippen molar-refractivity contribution < 1.29 is 9.53 Å². The number of allylic oxidation sites excluding steroid dienone is 2. The van der Waals surface area contributed by atoms with Crippen molar-refractivity contribution >= 4 is 5.97 Å². The van der Waals surface area contributed by atoms with Crippen molar-refractivity contribution in [2.24, 2.45) is 0 Å². The molecule has 0 aliphatic rings. The normalized spacial score (nSPS) is 11.1. The fraction of sp³-hybridized carbons (Fsp3) is 0.842. The largest absolute Gasteiger partial charge is 0.469 e. The molecule has 2 nitrogen and oxygen atoms in total. The Hall–Kier alpha value is -0.790. The van der Waals surface area contributed by atoms with E-state index in [1.807, 2.05) is 0 Å². The average Bonchev–Trinajstić information content (AvgIpc) is 2.50. The van der Waals surface area contributed by atoms with Crippen LogP contribution in [0.1, 0.15) is 96.8 Å². The lowest BCUT2D eigenvalue weighted by Crippen LogP contribution is -1.98. The summed E-state index contributed by atoms with van der Waals surface area (Å²) in [5, 5.41) is 0. The lowest BCUT2D eigenvalue weighted by Gasteiger charge is -2.01. The molecular weight excluding hydrogens is 260 g/mol. The zero-order chi connectivity index (χ0) is 15.6. The Labute approximate surface area is 132 Å². The number of methoxy groups -OCH3 is 1. The summed E-state index contributed by atoms with van der Waals surface area (Å²) in [5.74, 6) is -0.0990. The summed E-state index contributed by atoms with van der Waals surface area (Å²) in [6, 6.07) is 0. The smallest absolute Gasteiger partial charge is 0.305 e. The molecule has 0 unspecified atom stereocenters. The summed E-state index contributed by atoms with van der Waals surface area (Å²) < 4.78 is 4.61. The van der Waals surface area contributed by atoms with Crippen molar-refractivity contribution in [2.75, 3.05) is 7.11 Å². The maximum Gasteiger partial charge on any atom is 0.305 e. The average molecular weight is 296 g/mol. The number of unbranched alkanes of at least 4 members (excludes halogenated alkanes) is 11. The van der Waals surface area contributed by atoms with E-state index in [0.29, 0.717) is 6.42 Å². The summed E-state index contributed by atoms with van der Waals surface area (Å²) in [4.78, 5) is 10.9. The Morgan fingerprint density at radius 3 is 1.76 bits per heavy atom. The number of hydrogen-bond donors (Lipinski definition) is 0. The standard InChI is InChI=1S/C19H36O2/c1-3-4-5-6-7-8-9-10-11-12-13-14-15-16-17-18-19(20)21-2/h14-15H,3-13,16-18H2,1-2H3/b15-14-. The van der Waals surface area contributed by atoms with E-state index in [-0.39, 0.29) is 5.97 Å². The van der Waals surface area contributed by atoms with E-state index in [4.69, 9.17) is 0 Å². The maximum absolute atomic E-state index is 10.9. The molecule has 0 spiro atoms. The van der Waals surface area contributed by atoms with Gasteiger partial charge in [0.1, 0.15) is 0 Å². The van der Waals surface area contributed by atoms with Gasteiger partial charge < -0.3 is 4.74 Å². The molecular formula is C19H36O2. The van der Waals surface area contributed by atoms with Crippen LogP contribution in [-0.4, -0.2) is 13.1 Å². The Bertz CT molecular complexity index is 246. The molecule has 0 aliphatic heterocycles. The molecule has 2 heteroatoms. The van der Waals surface area contributed by atoms with Crippen LogP contribution in [0.4, 0.5) is 0 Å². The first-order chi connectivity index (χ1) is 10.3. The zero-order valence-electron chi connectivity index (χ0n) is 14.4. The van der Waals surface area contributed by atoms with E-state index in [9.17, 15) is 4.79 Å². The van der Waals surface area contributed by atoms with Crippen LogP contribution in [-0.2, 0) is 9.53 Å². The molecule has 124 valence electrons. The van der Waals surface area contributed by atoms with Gasteiger partial charge in [0.2, 0.25) is 0 Å². The van der Waals surface area contributed by atoms with Crippen molar-refractivity contribution in [3.8, 4) is 0 Å². The van der Waals surface area contributed by atoms with Gasteiger partial charge in [-0.25, -0.2) is 0 Å². The minimum Gasteiger partial charge on any atom is -0.469 e. The van der Waals surface area contributed by atoms with E-state index in [1.54, 1.807) is 0 Å². The van der Waals surface area contributed by atoms with Crippen LogP contribution in [0.15, 0.2) is 12.2 Å². The Morgan fingerprint density at radius 2 is 1.24 bits per heavy atom. The van der Waals surface area contributed by atoms with Crippen LogP contribution in [0.25, 0.3) is 0 Å². The molecule has 0 radical (unpaired) electrons. The quantitative estimate of drug-likeness (QED) is 0.204. The highest BCUT2D eigenvalue weighted by atomic mass is 16.5. The Balaban J connectivity index is 3.09. The highest BCUT2D eigenvalue weighted by Gasteiger charge is 1.96. The van der Waals surface area contributed by atoms with Gasteiger partial charge in [-0.1, -0.05) is 76.9 Å². The second kappa shape index (κ2) is 17.3. The van der Waals surface area contributed by atoms with Gasteiger partial charge in [-0.05, 0) is 25.7 Å². The van der Waals surface area contributed by atoms with Crippen LogP contribution >= 0.6 is 0 Å². The molecule has 0 aromatic heterocycles. The van der Waals surface area contributed by atoms with Crippen molar-refractivity contribution in [3.63, 3.8) is 0 Å². The third kappa shape index (κ3) is 17.2. The molecule has 0 amide bonds. The first-order valence-corrected chi connectivity index (χ1v) is 9.03. The second-order valence-electron chi connectivity index (χ2n) is 5.91. The van der Waals surface area contributed by atoms with Crippen molar-refractivity contribution in [1.82, 2.24) is 0 Å². The Kier molecular flexibility index (Phi) is 16.6. The van der Waals surface area contributed by atoms with Crippen LogP contribution in [0.3, 0.4) is 0 Å². The number of hydrogen-bond acceptors (Lipinski definition) is 2. The molecule has 0 heterocycles. The summed E-state index contributed by atoms with van der Waals surface area (Å²) >= 11 is 0. The zero-order valence-corrected chi connectivity index (χ0v) is 14.4. The molecule has 0 N–H and O–H groups in total. The number of carbonyl (C=O) groups excluding carboxylic acids is 1. The van der Waals surface area contributed by atoms with Gasteiger partial charge >= 0.3 is 5.97 Å². The molecule has 0 aliphatic carbocycles. The molecule has 0 aromatic carbocycles. The monoisotopic (exact) mass is 296 g/mol. The van der Waals surface area contributed by atoms with E-state index in [0.717, 1.165) is 12.8 Å². The van der Waals surface area contributed by atoms with Gasteiger partial charge in [0.15, 0.2) is 0 Å². The highest BCUT2D eigenvalue weighted by Crippen LogP contribution is 2.11. The predicted octanol–water partition coefficient (Wildman–Crippen LogP) is 6.20. The van der Waals surface area contributed by atoms with E-state index in [1.165, 1.54) is 77.7 Å². The highest BCUT2D eigenvalue weighted by molar-refractivity contribution is 5.68. The number of rotatable bonds is 15. The summed E-state index contributed by atoms with van der Waals surface area (Å²) in [6.07, 6.45) is 22.0. The van der Waals surface area contributed by atoms with E-state index >= 15 is 0 Å². The molecule has 0 saturated carbocycles. The van der Waals surface area contributed by atoms with Gasteiger partial charge in [0, 0.05) is 6.42 Å².